The maximum Gasteiger partial charge on any atom is 0.234 e. The molecule has 0 aliphatic heterocycles. The van der Waals surface area contributed by atoms with Gasteiger partial charge in [0.2, 0.25) is 5.91 Å². The summed E-state index contributed by atoms with van der Waals surface area (Å²) in [6.45, 7) is 3.30. The molecule has 0 aliphatic rings. The predicted octanol–water partition coefficient (Wildman–Crippen LogP) is 4.33. The summed E-state index contributed by atoms with van der Waals surface area (Å²) in [6.07, 6.45) is 0. The molecule has 0 radical (unpaired) electrons. The Morgan fingerprint density at radius 3 is 2.88 bits per heavy atom. The van der Waals surface area contributed by atoms with Crippen molar-refractivity contribution in [3.05, 3.63) is 51.6 Å². The summed E-state index contributed by atoms with van der Waals surface area (Å²) in [5.74, 6) is 0.270. The van der Waals surface area contributed by atoms with Gasteiger partial charge in [0.05, 0.1) is 23.4 Å². The van der Waals surface area contributed by atoms with Crippen LogP contribution in [0.1, 0.15) is 5.56 Å². The quantitative estimate of drug-likeness (QED) is 0.404. The molecule has 0 aliphatic carbocycles. The highest BCUT2D eigenvalue weighted by Crippen LogP contribution is 2.24. The number of hydrogen-bond donors (Lipinski definition) is 1. The molecule has 1 aromatic heterocycles. The summed E-state index contributed by atoms with van der Waals surface area (Å²) >= 11 is 3.71. The number of aromatic nitrogens is 2. The number of methoxy groups -OCH3 is 1. The monoisotopic (exact) mass is 481 g/mol. The van der Waals surface area contributed by atoms with E-state index in [4.69, 9.17) is 4.74 Å². The van der Waals surface area contributed by atoms with Gasteiger partial charge in [0.25, 0.3) is 0 Å². The van der Waals surface area contributed by atoms with Crippen LogP contribution in [0.2, 0.25) is 0 Å². The zero-order chi connectivity index (χ0) is 18.5. The van der Waals surface area contributed by atoms with Crippen LogP contribution in [0.25, 0.3) is 11.0 Å². The van der Waals surface area contributed by atoms with E-state index in [2.05, 4.69) is 37.5 Å². The number of ether oxygens (including phenoxy) is 1. The minimum absolute atomic E-state index is 0.0374. The number of hydrogen-bond acceptors (Lipinski definition) is 4. The van der Waals surface area contributed by atoms with Crippen LogP contribution < -0.4 is 5.32 Å². The number of benzene rings is 2. The number of para-hydroxylation sites is 2. The Hall–Kier alpha value is -1.58. The topological polar surface area (TPSA) is 56.1 Å². The summed E-state index contributed by atoms with van der Waals surface area (Å²) in [6, 6.07) is 14.0. The number of nitrogens with one attached hydrogen (secondary N) is 1. The summed E-state index contributed by atoms with van der Waals surface area (Å²) in [5, 5.41) is 3.81. The minimum Gasteiger partial charge on any atom is -0.383 e. The second-order valence-electron chi connectivity index (χ2n) is 5.82. The van der Waals surface area contributed by atoms with Crippen LogP contribution in [-0.2, 0) is 16.1 Å². The van der Waals surface area contributed by atoms with Crippen molar-refractivity contribution in [2.75, 3.05) is 24.8 Å². The largest absolute Gasteiger partial charge is 0.383 e. The van der Waals surface area contributed by atoms with E-state index < -0.39 is 0 Å². The van der Waals surface area contributed by atoms with Crippen molar-refractivity contribution in [2.24, 2.45) is 0 Å². The summed E-state index contributed by atoms with van der Waals surface area (Å²) in [5.41, 5.74) is 3.90. The average molecular weight is 481 g/mol. The number of nitrogens with zero attached hydrogens (tertiary/aromatic N) is 2. The third-order valence-electron chi connectivity index (χ3n) is 3.93. The van der Waals surface area contributed by atoms with E-state index in [0.29, 0.717) is 18.9 Å². The maximum atomic E-state index is 12.4. The molecule has 3 rings (SSSR count). The second-order valence-corrected chi connectivity index (χ2v) is 8.01. The number of anilines is 1. The number of halogens is 1. The van der Waals surface area contributed by atoms with Gasteiger partial charge >= 0.3 is 0 Å². The SMILES string of the molecule is COCCn1c(SCC(=O)Nc2ccc(I)cc2C)nc2ccccc21. The lowest BCUT2D eigenvalue weighted by atomic mass is 10.2. The molecule has 0 atom stereocenters. The molecule has 26 heavy (non-hydrogen) atoms. The molecule has 0 spiro atoms. The van der Waals surface area contributed by atoms with Crippen molar-refractivity contribution >= 4 is 57.0 Å². The molecule has 2 aromatic carbocycles. The molecule has 5 nitrogen and oxygen atoms in total. The normalized spacial score (nSPS) is 11.0. The number of rotatable bonds is 7. The fraction of sp³-hybridized carbons (Fsp3) is 0.263. The van der Waals surface area contributed by atoms with Crippen molar-refractivity contribution in [3.63, 3.8) is 0 Å². The third-order valence-corrected chi connectivity index (χ3v) is 5.58. The van der Waals surface area contributed by atoms with E-state index in [0.717, 1.165) is 31.0 Å². The molecule has 0 saturated carbocycles. The summed E-state index contributed by atoms with van der Waals surface area (Å²) in [7, 11) is 1.68. The first kappa shape index (κ1) is 19.2. The average Bonchev–Trinajstić information content (AvgIpc) is 2.98. The zero-order valence-corrected chi connectivity index (χ0v) is 17.6. The highest BCUT2D eigenvalue weighted by atomic mass is 127. The Morgan fingerprint density at radius 1 is 1.31 bits per heavy atom. The maximum absolute atomic E-state index is 12.4. The van der Waals surface area contributed by atoms with E-state index in [1.54, 1.807) is 7.11 Å². The highest BCUT2D eigenvalue weighted by molar-refractivity contribution is 14.1. The van der Waals surface area contributed by atoms with Gasteiger partial charge in [-0.1, -0.05) is 23.9 Å². The van der Waals surface area contributed by atoms with Crippen LogP contribution in [0.5, 0.6) is 0 Å². The molecule has 1 N–H and O–H groups in total. The first-order valence-corrected chi connectivity index (χ1v) is 10.3. The minimum atomic E-state index is -0.0374. The third kappa shape index (κ3) is 4.57. The summed E-state index contributed by atoms with van der Waals surface area (Å²) in [4.78, 5) is 17.0. The molecule has 7 heteroatoms. The number of carbonyl (C=O) groups excluding carboxylic acids is 1. The van der Waals surface area contributed by atoms with Gasteiger partial charge in [0, 0.05) is 22.9 Å². The lowest BCUT2D eigenvalue weighted by Gasteiger charge is -2.10. The fourth-order valence-corrected chi connectivity index (χ4v) is 4.13. The molecule has 0 bridgehead atoms. The van der Waals surface area contributed by atoms with Crippen molar-refractivity contribution in [1.82, 2.24) is 9.55 Å². The van der Waals surface area contributed by atoms with E-state index in [-0.39, 0.29) is 5.91 Å². The molecule has 1 amide bonds. The van der Waals surface area contributed by atoms with Crippen LogP contribution in [0.3, 0.4) is 0 Å². The van der Waals surface area contributed by atoms with E-state index in [9.17, 15) is 4.79 Å². The van der Waals surface area contributed by atoms with Crippen LogP contribution in [-0.4, -0.2) is 34.9 Å². The van der Waals surface area contributed by atoms with E-state index in [1.807, 2.05) is 49.4 Å². The predicted molar refractivity (Wildman–Crippen MR) is 115 cm³/mol. The van der Waals surface area contributed by atoms with Gasteiger partial charge in [0.1, 0.15) is 0 Å². The molecule has 1 heterocycles. The van der Waals surface area contributed by atoms with Crippen molar-refractivity contribution in [2.45, 2.75) is 18.6 Å². The Balaban J connectivity index is 1.71. The standard InChI is InChI=1S/C19H20IN3O2S/c1-13-11-14(20)7-8-15(13)21-18(24)12-26-19-22-16-5-3-4-6-17(16)23(19)9-10-25-2/h3-8,11H,9-10,12H2,1-2H3,(H,21,24). The molecular weight excluding hydrogens is 461 g/mol. The molecule has 0 saturated heterocycles. The van der Waals surface area contributed by atoms with E-state index >= 15 is 0 Å². The lowest BCUT2D eigenvalue weighted by Crippen LogP contribution is -2.15. The number of thioether (sulfide) groups is 1. The van der Waals surface area contributed by atoms with Crippen LogP contribution >= 0.6 is 34.4 Å². The Labute approximate surface area is 170 Å². The van der Waals surface area contributed by atoms with E-state index in [1.165, 1.54) is 11.8 Å². The van der Waals surface area contributed by atoms with Crippen LogP contribution in [0.4, 0.5) is 5.69 Å². The lowest BCUT2D eigenvalue weighted by molar-refractivity contribution is -0.113. The summed E-state index contributed by atoms with van der Waals surface area (Å²) < 4.78 is 8.46. The first-order chi connectivity index (χ1) is 12.6. The first-order valence-electron chi connectivity index (χ1n) is 8.21. The number of fused-ring (bicyclic) bond motifs is 1. The molecule has 0 unspecified atom stereocenters. The Morgan fingerprint density at radius 2 is 2.12 bits per heavy atom. The van der Waals surface area contributed by atoms with Gasteiger partial charge in [-0.3, -0.25) is 4.79 Å². The molecule has 136 valence electrons. The van der Waals surface area contributed by atoms with Gasteiger partial charge in [-0.05, 0) is 65.4 Å². The number of imidazole rings is 1. The smallest absolute Gasteiger partial charge is 0.234 e. The molecular formula is C19H20IN3O2S. The number of carbonyl (C=O) groups is 1. The zero-order valence-electron chi connectivity index (χ0n) is 14.7. The number of aryl methyl sites for hydroxylation is 1. The highest BCUT2D eigenvalue weighted by Gasteiger charge is 2.13. The second kappa shape index (κ2) is 8.88. The number of amides is 1. The van der Waals surface area contributed by atoms with Crippen LogP contribution in [0.15, 0.2) is 47.6 Å². The van der Waals surface area contributed by atoms with Crippen molar-refractivity contribution in [1.29, 1.82) is 0 Å². The Bertz CT molecular complexity index is 926. The van der Waals surface area contributed by atoms with Gasteiger partial charge in [-0.15, -0.1) is 0 Å². The van der Waals surface area contributed by atoms with Gasteiger partial charge in [-0.2, -0.15) is 0 Å². The van der Waals surface area contributed by atoms with Crippen LogP contribution in [0, 0.1) is 10.5 Å². The van der Waals surface area contributed by atoms with Crippen molar-refractivity contribution in [3.8, 4) is 0 Å². The van der Waals surface area contributed by atoms with Gasteiger partial charge in [-0.25, -0.2) is 4.98 Å². The molecule has 0 fully saturated rings. The fourth-order valence-electron chi connectivity index (χ4n) is 2.65. The Kier molecular flexibility index (Phi) is 6.55. The van der Waals surface area contributed by atoms with Gasteiger partial charge in [0.15, 0.2) is 5.16 Å². The molecule has 3 aromatic rings. The van der Waals surface area contributed by atoms with Crippen molar-refractivity contribution < 1.29 is 9.53 Å². The van der Waals surface area contributed by atoms with Gasteiger partial charge < -0.3 is 14.6 Å².